The molecule has 2 saturated heterocycles. The molecule has 2 fully saturated rings. The van der Waals surface area contributed by atoms with Crippen LogP contribution in [0.3, 0.4) is 0 Å². The van der Waals surface area contributed by atoms with E-state index in [1.165, 1.54) is 10.9 Å². The van der Waals surface area contributed by atoms with Crippen LogP contribution in [-0.2, 0) is 27.9 Å². The first-order chi connectivity index (χ1) is 14.2. The number of aromatic amines is 1. The molecule has 172 valence electrons. The second-order valence-corrected chi connectivity index (χ2v) is 11.6. The number of hydrogen-bond donors (Lipinski definition) is 5. The molecule has 31 heavy (non-hydrogen) atoms. The van der Waals surface area contributed by atoms with Gasteiger partial charge in [-0.15, -0.1) is 0 Å². The molecule has 0 bridgehead atoms. The number of H-pyrrole nitrogens is 1. The third-order valence-corrected chi connectivity index (χ3v) is 8.11. The Balaban J connectivity index is 1.62. The molecule has 1 unspecified atom stereocenters. The van der Waals surface area contributed by atoms with Crippen LogP contribution in [-0.4, -0.2) is 70.8 Å². The summed E-state index contributed by atoms with van der Waals surface area (Å²) >= 11 is 0. The number of nitrogen functional groups attached to an aromatic ring is 1. The summed E-state index contributed by atoms with van der Waals surface area (Å²) in [7, 11) is -9.38. The van der Waals surface area contributed by atoms with Crippen LogP contribution in [0.15, 0.2) is 11.1 Å². The second kappa shape index (κ2) is 7.44. The van der Waals surface area contributed by atoms with Gasteiger partial charge in [-0.3, -0.25) is 23.5 Å². The van der Waals surface area contributed by atoms with Gasteiger partial charge >= 0.3 is 15.2 Å². The highest BCUT2D eigenvalue weighted by atomic mass is 31.2. The van der Waals surface area contributed by atoms with Crippen molar-refractivity contribution in [2.45, 2.75) is 44.2 Å². The van der Waals surface area contributed by atoms with Gasteiger partial charge in [0.15, 0.2) is 29.1 Å². The molecule has 6 N–H and O–H groups in total. The van der Waals surface area contributed by atoms with E-state index in [0.29, 0.717) is 0 Å². The van der Waals surface area contributed by atoms with E-state index in [1.807, 2.05) is 0 Å². The molecule has 2 aliphatic rings. The van der Waals surface area contributed by atoms with E-state index in [-0.39, 0.29) is 17.1 Å². The van der Waals surface area contributed by atoms with Gasteiger partial charge in [-0.25, -0.2) is 4.98 Å². The van der Waals surface area contributed by atoms with Crippen molar-refractivity contribution in [3.63, 3.8) is 0 Å². The molecule has 15 nitrogen and oxygen atoms in total. The van der Waals surface area contributed by atoms with Crippen LogP contribution in [0.5, 0.6) is 0 Å². The fraction of sp³-hybridized carbons (Fsp3) is 0.643. The van der Waals surface area contributed by atoms with E-state index in [0.717, 1.165) is 0 Å². The Morgan fingerprint density at radius 1 is 1.29 bits per heavy atom. The minimum Gasteiger partial charge on any atom is -0.369 e. The fourth-order valence-electron chi connectivity index (χ4n) is 3.61. The molecular formula is C14H21N5O10P2. The average Bonchev–Trinajstić information content (AvgIpc) is 3.22. The van der Waals surface area contributed by atoms with Gasteiger partial charge in [-0.2, -0.15) is 4.98 Å². The largest absolute Gasteiger partial charge is 0.369 e. The number of nitrogens with two attached hydrogens (primary N) is 1. The number of aromatic nitrogens is 4. The number of hydrogen-bond acceptors (Lipinski definition) is 10. The zero-order chi connectivity index (χ0) is 22.8. The van der Waals surface area contributed by atoms with Crippen molar-refractivity contribution in [1.29, 1.82) is 0 Å². The van der Waals surface area contributed by atoms with Crippen molar-refractivity contribution < 1.29 is 42.5 Å². The number of nitrogens with one attached hydrogen (secondary N) is 1. The molecule has 4 rings (SSSR count). The van der Waals surface area contributed by atoms with Crippen molar-refractivity contribution in [3.8, 4) is 0 Å². The third-order valence-electron chi connectivity index (χ3n) is 4.65. The van der Waals surface area contributed by atoms with Gasteiger partial charge in [-0.1, -0.05) is 0 Å². The van der Waals surface area contributed by atoms with Crippen molar-refractivity contribution >= 4 is 32.3 Å². The fourth-order valence-corrected chi connectivity index (χ4v) is 6.18. The Bertz CT molecular complexity index is 1160. The molecule has 0 amide bonds. The molecule has 2 aromatic rings. The minimum atomic E-state index is -4.78. The second-order valence-electron chi connectivity index (χ2n) is 7.64. The Hall–Kier alpha value is -1.67. The van der Waals surface area contributed by atoms with Gasteiger partial charge in [0.2, 0.25) is 5.95 Å². The molecule has 0 radical (unpaired) electrons. The summed E-state index contributed by atoms with van der Waals surface area (Å²) in [4.78, 5) is 50.1. The van der Waals surface area contributed by atoms with E-state index in [1.54, 1.807) is 13.8 Å². The van der Waals surface area contributed by atoms with E-state index in [4.69, 9.17) is 34.3 Å². The quantitative estimate of drug-likeness (QED) is 0.327. The molecule has 2 aliphatic heterocycles. The predicted molar refractivity (Wildman–Crippen MR) is 103 cm³/mol. The van der Waals surface area contributed by atoms with Crippen LogP contribution >= 0.6 is 15.2 Å². The average molecular weight is 481 g/mol. The summed E-state index contributed by atoms with van der Waals surface area (Å²) in [6.45, 7) is 2.82. The lowest BCUT2D eigenvalue weighted by molar-refractivity contribution is -0.199. The minimum absolute atomic E-state index is 0.0220. The topological polar surface area (TPSA) is 221 Å². The Labute approximate surface area is 174 Å². The summed E-state index contributed by atoms with van der Waals surface area (Å²) < 4.78 is 47.0. The van der Waals surface area contributed by atoms with Crippen LogP contribution in [0.25, 0.3) is 11.2 Å². The van der Waals surface area contributed by atoms with Gasteiger partial charge in [0.05, 0.1) is 12.9 Å². The summed E-state index contributed by atoms with van der Waals surface area (Å²) in [5, 5.41) is 0. The van der Waals surface area contributed by atoms with Crippen molar-refractivity contribution in [2.75, 3.05) is 18.2 Å². The first-order valence-corrected chi connectivity index (χ1v) is 12.6. The Morgan fingerprint density at radius 3 is 2.65 bits per heavy atom. The zero-order valence-electron chi connectivity index (χ0n) is 16.3. The molecule has 0 aliphatic carbocycles. The van der Waals surface area contributed by atoms with Crippen LogP contribution < -0.4 is 11.3 Å². The van der Waals surface area contributed by atoms with E-state index >= 15 is 0 Å². The molecule has 0 spiro atoms. The number of nitrogens with zero attached hydrogens (tertiary/aromatic N) is 3. The number of ether oxygens (including phenoxy) is 3. The van der Waals surface area contributed by atoms with Crippen LogP contribution in [0.4, 0.5) is 5.95 Å². The summed E-state index contributed by atoms with van der Waals surface area (Å²) in [5.74, 6) is -2.48. The SMILES string of the molecule is CC1(C)O[C@@H]2[C@H](O1)[C@@H](COP(=O)(O)CP(=O)(O)O)O[C@H]2n1cnc2c(=O)[nH]c(N)nc21. The summed E-state index contributed by atoms with van der Waals surface area (Å²) in [5.41, 5.74) is 5.24. The monoisotopic (exact) mass is 481 g/mol. The molecule has 0 saturated carbocycles. The standard InChI is InChI=1S/C14H21N5O10P2/c1-14(2)28-8-6(3-26-31(24,25)5-30(21,22)23)27-12(9(8)29-14)19-4-16-7-10(19)17-13(15)18-11(7)20/h4,6,8-9,12H,3,5H2,1-2H3,(H,24,25)(H2,21,22,23)(H3,15,17,18,20)/t6-,8-,9-,12-/m1/s1. The highest BCUT2D eigenvalue weighted by molar-refractivity contribution is 7.70. The molecule has 4 heterocycles. The zero-order valence-corrected chi connectivity index (χ0v) is 18.1. The Kier molecular flexibility index (Phi) is 5.41. The lowest BCUT2D eigenvalue weighted by Gasteiger charge is -2.25. The highest BCUT2D eigenvalue weighted by Crippen LogP contribution is 2.56. The number of anilines is 1. The van der Waals surface area contributed by atoms with Crippen LogP contribution in [0, 0.1) is 0 Å². The van der Waals surface area contributed by atoms with Gasteiger partial charge in [-0.05, 0) is 13.8 Å². The normalized spacial score (nSPS) is 29.8. The van der Waals surface area contributed by atoms with E-state index in [2.05, 4.69) is 15.0 Å². The first-order valence-electron chi connectivity index (χ1n) is 8.99. The van der Waals surface area contributed by atoms with Gasteiger partial charge in [0.1, 0.15) is 18.3 Å². The molecule has 0 aromatic carbocycles. The van der Waals surface area contributed by atoms with Crippen molar-refractivity contribution in [1.82, 2.24) is 19.5 Å². The maximum absolute atomic E-state index is 12.1. The lowest BCUT2D eigenvalue weighted by Crippen LogP contribution is -2.32. The number of fused-ring (bicyclic) bond motifs is 2. The maximum Gasteiger partial charge on any atom is 0.340 e. The smallest absolute Gasteiger partial charge is 0.340 e. The van der Waals surface area contributed by atoms with Crippen molar-refractivity contribution in [2.24, 2.45) is 0 Å². The van der Waals surface area contributed by atoms with E-state index < -0.39 is 63.6 Å². The molecular weight excluding hydrogens is 460 g/mol. The Morgan fingerprint density at radius 2 is 1.97 bits per heavy atom. The number of rotatable bonds is 6. The predicted octanol–water partition coefficient (Wildman–Crippen LogP) is -0.544. The lowest BCUT2D eigenvalue weighted by atomic mass is 10.1. The van der Waals surface area contributed by atoms with Crippen LogP contribution in [0.1, 0.15) is 20.1 Å². The molecule has 17 heteroatoms. The first kappa shape index (κ1) is 22.5. The third kappa shape index (κ3) is 4.60. The van der Waals surface area contributed by atoms with Crippen molar-refractivity contribution in [3.05, 3.63) is 16.7 Å². The summed E-state index contributed by atoms with van der Waals surface area (Å²) in [6, 6.07) is 0. The van der Waals surface area contributed by atoms with E-state index in [9.17, 15) is 18.8 Å². The summed E-state index contributed by atoms with van der Waals surface area (Å²) in [6.07, 6.45) is -2.02. The molecule has 5 atom stereocenters. The van der Waals surface area contributed by atoms with Crippen LogP contribution in [0.2, 0.25) is 0 Å². The van der Waals surface area contributed by atoms with Gasteiger partial charge < -0.3 is 39.1 Å². The van der Waals surface area contributed by atoms with Gasteiger partial charge in [0, 0.05) is 0 Å². The molecule has 2 aromatic heterocycles. The van der Waals surface area contributed by atoms with Gasteiger partial charge in [0.25, 0.3) is 5.56 Å². The number of imidazole rings is 1. The maximum atomic E-state index is 12.1. The highest BCUT2D eigenvalue weighted by Gasteiger charge is 2.56.